The van der Waals surface area contributed by atoms with Crippen LogP contribution in [0.2, 0.25) is 0 Å². The average molecular weight is 237 g/mol. The third-order valence-corrected chi connectivity index (χ3v) is 3.92. The van der Waals surface area contributed by atoms with E-state index >= 15 is 0 Å². The summed E-state index contributed by atoms with van der Waals surface area (Å²) in [6.07, 6.45) is 2.42. The van der Waals surface area contributed by atoms with Crippen molar-refractivity contribution in [2.75, 3.05) is 23.7 Å². The van der Waals surface area contributed by atoms with E-state index in [1.165, 1.54) is 36.3 Å². The van der Waals surface area contributed by atoms with Crippen molar-refractivity contribution in [2.24, 2.45) is 0 Å². The zero-order valence-electron chi connectivity index (χ0n) is 8.74. The van der Waals surface area contributed by atoms with E-state index < -0.39 is 0 Å². The Labute approximate surface area is 96.7 Å². The molecule has 0 spiro atoms. The number of hydrogen-bond donors (Lipinski definition) is 1. The Morgan fingerprint density at radius 2 is 2.06 bits per heavy atom. The molecule has 0 unspecified atom stereocenters. The average Bonchev–Trinajstić information content (AvgIpc) is 2.82. The Morgan fingerprint density at radius 3 is 2.81 bits per heavy atom. The van der Waals surface area contributed by atoms with Gasteiger partial charge in [0.15, 0.2) is 5.13 Å². The number of halogens is 1. The largest absolute Gasteiger partial charge is 0.397 e. The van der Waals surface area contributed by atoms with Gasteiger partial charge in [0.05, 0.1) is 10.4 Å². The van der Waals surface area contributed by atoms with Crippen LogP contribution in [-0.4, -0.2) is 18.1 Å². The summed E-state index contributed by atoms with van der Waals surface area (Å²) in [4.78, 5) is 6.73. The van der Waals surface area contributed by atoms with Crippen LogP contribution in [0.15, 0.2) is 12.1 Å². The van der Waals surface area contributed by atoms with Gasteiger partial charge in [-0.15, -0.1) is 0 Å². The van der Waals surface area contributed by atoms with Crippen molar-refractivity contribution in [1.82, 2.24) is 4.98 Å². The molecule has 1 aromatic heterocycles. The van der Waals surface area contributed by atoms with E-state index in [9.17, 15) is 4.39 Å². The predicted octanol–water partition coefficient (Wildman–Crippen LogP) is 2.62. The molecule has 5 heteroatoms. The number of nitrogens with two attached hydrogens (primary N) is 1. The topological polar surface area (TPSA) is 42.1 Å². The maximum Gasteiger partial charge on any atom is 0.186 e. The van der Waals surface area contributed by atoms with Crippen molar-refractivity contribution in [3.8, 4) is 0 Å². The monoisotopic (exact) mass is 237 g/mol. The lowest BCUT2D eigenvalue weighted by Gasteiger charge is -2.11. The van der Waals surface area contributed by atoms with Crippen molar-refractivity contribution in [2.45, 2.75) is 12.8 Å². The lowest BCUT2D eigenvalue weighted by Crippen LogP contribution is -2.16. The van der Waals surface area contributed by atoms with Crippen LogP contribution in [0.3, 0.4) is 0 Å². The smallest absolute Gasteiger partial charge is 0.186 e. The number of anilines is 2. The fourth-order valence-electron chi connectivity index (χ4n) is 2.05. The molecule has 1 saturated heterocycles. The molecule has 0 radical (unpaired) electrons. The Hall–Kier alpha value is -1.36. The van der Waals surface area contributed by atoms with Crippen LogP contribution < -0.4 is 10.6 Å². The molecule has 1 aliphatic rings. The van der Waals surface area contributed by atoms with Gasteiger partial charge in [0, 0.05) is 13.1 Å². The summed E-state index contributed by atoms with van der Waals surface area (Å²) < 4.78 is 14.0. The van der Waals surface area contributed by atoms with Gasteiger partial charge in [-0.25, -0.2) is 9.37 Å². The first-order valence-corrected chi connectivity index (χ1v) is 6.16. The van der Waals surface area contributed by atoms with Crippen LogP contribution in [0.5, 0.6) is 0 Å². The quantitative estimate of drug-likeness (QED) is 0.775. The van der Waals surface area contributed by atoms with E-state index in [4.69, 9.17) is 5.73 Å². The zero-order valence-corrected chi connectivity index (χ0v) is 9.56. The second kappa shape index (κ2) is 3.59. The minimum atomic E-state index is -0.290. The predicted molar refractivity (Wildman–Crippen MR) is 65.4 cm³/mol. The van der Waals surface area contributed by atoms with E-state index in [-0.39, 0.29) is 5.82 Å². The number of rotatable bonds is 1. The fourth-order valence-corrected chi connectivity index (χ4v) is 3.13. The van der Waals surface area contributed by atoms with E-state index in [0.29, 0.717) is 5.69 Å². The van der Waals surface area contributed by atoms with E-state index in [2.05, 4.69) is 9.88 Å². The Kier molecular flexibility index (Phi) is 2.21. The summed E-state index contributed by atoms with van der Waals surface area (Å²) in [6.45, 7) is 2.09. The van der Waals surface area contributed by atoms with Gasteiger partial charge in [-0.05, 0) is 25.0 Å². The first-order valence-electron chi connectivity index (χ1n) is 5.34. The molecule has 3 rings (SSSR count). The van der Waals surface area contributed by atoms with Crippen molar-refractivity contribution in [1.29, 1.82) is 0 Å². The van der Waals surface area contributed by atoms with Gasteiger partial charge in [0.1, 0.15) is 11.3 Å². The fraction of sp³-hybridized carbons (Fsp3) is 0.364. The van der Waals surface area contributed by atoms with Gasteiger partial charge in [0.25, 0.3) is 0 Å². The number of nitrogens with zero attached hydrogens (tertiary/aromatic N) is 2. The molecule has 0 bridgehead atoms. The summed E-state index contributed by atoms with van der Waals surface area (Å²) in [5, 5.41) is 0.963. The Balaban J connectivity index is 2.11. The van der Waals surface area contributed by atoms with Gasteiger partial charge < -0.3 is 10.6 Å². The molecule has 0 saturated carbocycles. The normalized spacial score (nSPS) is 16.2. The summed E-state index contributed by atoms with van der Waals surface area (Å²) in [7, 11) is 0. The number of nitrogen functional groups attached to an aromatic ring is 1. The van der Waals surface area contributed by atoms with Crippen molar-refractivity contribution < 1.29 is 4.39 Å². The molecule has 2 heterocycles. The highest BCUT2D eigenvalue weighted by molar-refractivity contribution is 7.22. The van der Waals surface area contributed by atoms with E-state index in [1.807, 2.05) is 0 Å². The Bertz CT molecular complexity index is 531. The summed E-state index contributed by atoms with van der Waals surface area (Å²) >= 11 is 1.52. The van der Waals surface area contributed by atoms with Crippen molar-refractivity contribution >= 4 is 32.4 Å². The van der Waals surface area contributed by atoms with Gasteiger partial charge in [0.2, 0.25) is 0 Å². The van der Waals surface area contributed by atoms with Crippen LogP contribution in [0, 0.1) is 5.82 Å². The lowest BCUT2D eigenvalue weighted by molar-refractivity contribution is 0.630. The van der Waals surface area contributed by atoms with Gasteiger partial charge in [-0.1, -0.05) is 11.3 Å². The number of thiazole rings is 1. The third kappa shape index (κ3) is 1.51. The number of hydrogen-bond acceptors (Lipinski definition) is 4. The minimum Gasteiger partial charge on any atom is -0.397 e. The Morgan fingerprint density at radius 1 is 1.31 bits per heavy atom. The molecule has 1 aliphatic heterocycles. The second-order valence-electron chi connectivity index (χ2n) is 4.03. The summed E-state index contributed by atoms with van der Waals surface area (Å²) in [5.74, 6) is -0.290. The van der Waals surface area contributed by atoms with E-state index in [1.54, 1.807) is 0 Å². The van der Waals surface area contributed by atoms with Crippen LogP contribution in [0.25, 0.3) is 10.2 Å². The molecular weight excluding hydrogens is 225 g/mol. The molecule has 0 amide bonds. The van der Waals surface area contributed by atoms with Crippen LogP contribution >= 0.6 is 11.3 Å². The lowest BCUT2D eigenvalue weighted by atomic mass is 10.3. The van der Waals surface area contributed by atoms with Crippen LogP contribution in [0.4, 0.5) is 15.2 Å². The molecule has 1 fully saturated rings. The van der Waals surface area contributed by atoms with Crippen LogP contribution in [0.1, 0.15) is 12.8 Å². The molecule has 84 valence electrons. The number of benzene rings is 1. The maximum absolute atomic E-state index is 13.2. The molecular formula is C11H12FN3S. The highest BCUT2D eigenvalue weighted by Crippen LogP contribution is 2.33. The molecule has 1 aromatic carbocycles. The summed E-state index contributed by atoms with van der Waals surface area (Å²) in [5.41, 5.74) is 6.91. The second-order valence-corrected chi connectivity index (χ2v) is 5.04. The first-order chi connectivity index (χ1) is 7.74. The van der Waals surface area contributed by atoms with Crippen molar-refractivity contribution in [3.63, 3.8) is 0 Å². The number of fused-ring (bicyclic) bond motifs is 1. The van der Waals surface area contributed by atoms with Crippen molar-refractivity contribution in [3.05, 3.63) is 17.9 Å². The number of aromatic nitrogens is 1. The zero-order chi connectivity index (χ0) is 11.1. The highest BCUT2D eigenvalue weighted by Gasteiger charge is 2.17. The molecule has 16 heavy (non-hydrogen) atoms. The highest BCUT2D eigenvalue weighted by atomic mass is 32.1. The van der Waals surface area contributed by atoms with Gasteiger partial charge in [-0.3, -0.25) is 0 Å². The summed E-state index contributed by atoms with van der Waals surface area (Å²) in [6, 6.07) is 2.83. The molecule has 3 nitrogen and oxygen atoms in total. The molecule has 0 atom stereocenters. The van der Waals surface area contributed by atoms with Gasteiger partial charge in [-0.2, -0.15) is 0 Å². The third-order valence-electron chi connectivity index (χ3n) is 2.85. The van der Waals surface area contributed by atoms with Gasteiger partial charge >= 0.3 is 0 Å². The first kappa shape index (κ1) is 9.84. The minimum absolute atomic E-state index is 0.290. The maximum atomic E-state index is 13.2. The molecule has 2 N–H and O–H groups in total. The molecule has 0 aliphatic carbocycles. The van der Waals surface area contributed by atoms with E-state index in [0.717, 1.165) is 28.4 Å². The molecule has 2 aromatic rings. The SMILES string of the molecule is Nc1cc(F)cc2sc(N3CCCC3)nc12. The van der Waals surface area contributed by atoms with Crippen LogP contribution in [-0.2, 0) is 0 Å². The standard InChI is InChI=1S/C11H12FN3S/c12-7-5-8(13)10-9(6-7)16-11(14-10)15-3-1-2-4-15/h5-6H,1-4,13H2.